The molecule has 0 radical (unpaired) electrons. The Morgan fingerprint density at radius 3 is 2.60 bits per heavy atom. The van der Waals surface area contributed by atoms with Gasteiger partial charge in [0.05, 0.1) is 0 Å². The second-order valence-corrected chi connectivity index (χ2v) is 6.06. The fourth-order valence-corrected chi connectivity index (χ4v) is 3.60. The van der Waals surface area contributed by atoms with Crippen LogP contribution in [0.5, 0.6) is 0 Å². The summed E-state index contributed by atoms with van der Waals surface area (Å²) in [6, 6.07) is 6.80. The number of anilines is 1. The molecule has 0 atom stereocenters. The second-order valence-electron chi connectivity index (χ2n) is 6.06. The standard InChI is InChI=1S/C17H21N3/c18-17-16(19-15-7-3-4-10-20(15)17)14-9-8-12-5-1-2-6-13(12)11-14/h8-9,11H,1-7,10,18H2. The van der Waals surface area contributed by atoms with Crippen molar-refractivity contribution >= 4 is 5.82 Å². The van der Waals surface area contributed by atoms with E-state index in [-0.39, 0.29) is 0 Å². The predicted octanol–water partition coefficient (Wildman–Crippen LogP) is 3.35. The Balaban J connectivity index is 1.79. The van der Waals surface area contributed by atoms with E-state index in [0.29, 0.717) is 0 Å². The zero-order chi connectivity index (χ0) is 13.5. The molecule has 0 fully saturated rings. The minimum Gasteiger partial charge on any atom is -0.383 e. The van der Waals surface area contributed by atoms with Crippen LogP contribution in [0.25, 0.3) is 11.3 Å². The lowest BCUT2D eigenvalue weighted by Gasteiger charge is -2.16. The number of fused-ring (bicyclic) bond motifs is 2. The number of aromatic nitrogens is 2. The summed E-state index contributed by atoms with van der Waals surface area (Å²) in [5.41, 5.74) is 11.5. The number of benzene rings is 1. The molecule has 4 rings (SSSR count). The fourth-order valence-electron chi connectivity index (χ4n) is 3.60. The molecule has 0 saturated carbocycles. The normalized spacial score (nSPS) is 17.6. The van der Waals surface area contributed by atoms with E-state index in [9.17, 15) is 0 Å². The van der Waals surface area contributed by atoms with Gasteiger partial charge >= 0.3 is 0 Å². The van der Waals surface area contributed by atoms with E-state index in [2.05, 4.69) is 22.8 Å². The molecule has 1 aromatic carbocycles. The molecule has 3 nitrogen and oxygen atoms in total. The first kappa shape index (κ1) is 12.0. The first-order valence-corrected chi connectivity index (χ1v) is 7.80. The molecular weight excluding hydrogens is 246 g/mol. The van der Waals surface area contributed by atoms with Gasteiger partial charge in [0.2, 0.25) is 0 Å². The molecule has 0 spiro atoms. The maximum Gasteiger partial charge on any atom is 0.131 e. The number of hydrogen-bond donors (Lipinski definition) is 1. The van der Waals surface area contributed by atoms with Crippen molar-refractivity contribution in [3.63, 3.8) is 0 Å². The highest BCUT2D eigenvalue weighted by atomic mass is 15.1. The van der Waals surface area contributed by atoms with Crippen molar-refractivity contribution in [3.8, 4) is 11.3 Å². The molecule has 1 aromatic heterocycles. The van der Waals surface area contributed by atoms with Gasteiger partial charge in [0.1, 0.15) is 17.3 Å². The molecule has 2 aliphatic rings. The first-order valence-electron chi connectivity index (χ1n) is 7.80. The molecule has 1 aliphatic carbocycles. The summed E-state index contributed by atoms with van der Waals surface area (Å²) in [6.07, 6.45) is 8.59. The monoisotopic (exact) mass is 267 g/mol. The van der Waals surface area contributed by atoms with Crippen LogP contribution in [-0.4, -0.2) is 9.55 Å². The van der Waals surface area contributed by atoms with E-state index in [1.165, 1.54) is 61.0 Å². The molecule has 2 aromatic rings. The zero-order valence-corrected chi connectivity index (χ0v) is 11.9. The number of imidazole rings is 1. The minimum absolute atomic E-state index is 0.857. The molecule has 0 amide bonds. The third kappa shape index (κ3) is 1.84. The van der Waals surface area contributed by atoms with E-state index < -0.39 is 0 Å². The maximum absolute atomic E-state index is 6.33. The SMILES string of the molecule is Nc1c(-c2ccc3c(c2)CCCC3)nc2n1CCCC2. The van der Waals surface area contributed by atoms with Gasteiger partial charge in [-0.05, 0) is 55.7 Å². The fraction of sp³-hybridized carbons (Fsp3) is 0.471. The highest BCUT2D eigenvalue weighted by Gasteiger charge is 2.19. The molecule has 3 heteroatoms. The quantitative estimate of drug-likeness (QED) is 0.861. The van der Waals surface area contributed by atoms with Gasteiger partial charge in [-0.3, -0.25) is 0 Å². The van der Waals surface area contributed by atoms with Gasteiger partial charge in [-0.1, -0.05) is 12.1 Å². The van der Waals surface area contributed by atoms with Crippen molar-refractivity contribution in [2.45, 2.75) is 51.5 Å². The first-order chi connectivity index (χ1) is 9.83. The summed E-state index contributed by atoms with van der Waals surface area (Å²) in [5.74, 6) is 2.02. The topological polar surface area (TPSA) is 43.8 Å². The Morgan fingerprint density at radius 2 is 1.75 bits per heavy atom. The predicted molar refractivity (Wildman–Crippen MR) is 81.7 cm³/mol. The summed E-state index contributed by atoms with van der Waals surface area (Å²) in [4.78, 5) is 4.81. The average Bonchev–Trinajstić information content (AvgIpc) is 2.84. The van der Waals surface area contributed by atoms with Crippen LogP contribution >= 0.6 is 0 Å². The van der Waals surface area contributed by atoms with Crippen LogP contribution in [0.2, 0.25) is 0 Å². The van der Waals surface area contributed by atoms with Crippen LogP contribution in [0.3, 0.4) is 0 Å². The number of nitrogens with two attached hydrogens (primary N) is 1. The van der Waals surface area contributed by atoms with Gasteiger partial charge in [0.15, 0.2) is 0 Å². The molecule has 2 N–H and O–H groups in total. The van der Waals surface area contributed by atoms with Gasteiger partial charge in [-0.25, -0.2) is 4.98 Å². The molecular formula is C17H21N3. The van der Waals surface area contributed by atoms with Crippen LogP contribution in [-0.2, 0) is 25.8 Å². The van der Waals surface area contributed by atoms with Crippen LogP contribution in [0, 0.1) is 0 Å². The smallest absolute Gasteiger partial charge is 0.131 e. The Morgan fingerprint density at radius 1 is 0.950 bits per heavy atom. The third-order valence-corrected chi connectivity index (χ3v) is 4.74. The van der Waals surface area contributed by atoms with Crippen LogP contribution in [0.15, 0.2) is 18.2 Å². The Labute approximate surface area is 119 Å². The highest BCUT2D eigenvalue weighted by Crippen LogP contribution is 2.32. The van der Waals surface area contributed by atoms with Crippen LogP contribution in [0.1, 0.15) is 42.6 Å². The van der Waals surface area contributed by atoms with Crippen molar-refractivity contribution < 1.29 is 0 Å². The number of rotatable bonds is 1. The summed E-state index contributed by atoms with van der Waals surface area (Å²) in [5, 5.41) is 0. The summed E-state index contributed by atoms with van der Waals surface area (Å²) in [7, 11) is 0. The van der Waals surface area contributed by atoms with Gasteiger partial charge in [-0.15, -0.1) is 0 Å². The Kier molecular flexibility index (Phi) is 2.79. The minimum atomic E-state index is 0.857. The molecule has 2 heterocycles. The van der Waals surface area contributed by atoms with E-state index in [4.69, 9.17) is 10.7 Å². The lowest BCUT2D eigenvalue weighted by molar-refractivity contribution is 0.527. The Hall–Kier alpha value is -1.77. The van der Waals surface area contributed by atoms with Crippen LogP contribution in [0.4, 0.5) is 5.82 Å². The van der Waals surface area contributed by atoms with Gasteiger partial charge in [-0.2, -0.15) is 0 Å². The molecule has 104 valence electrons. The highest BCUT2D eigenvalue weighted by molar-refractivity contribution is 5.72. The number of nitrogen functional groups attached to an aromatic ring is 1. The Bertz CT molecular complexity index is 654. The van der Waals surface area contributed by atoms with E-state index in [1.807, 2.05) is 0 Å². The van der Waals surface area contributed by atoms with Crippen molar-refractivity contribution in [1.29, 1.82) is 0 Å². The summed E-state index contributed by atoms with van der Waals surface area (Å²) in [6.45, 7) is 1.03. The van der Waals surface area contributed by atoms with Gasteiger partial charge in [0, 0.05) is 18.5 Å². The lowest BCUT2D eigenvalue weighted by atomic mass is 9.90. The van der Waals surface area contributed by atoms with Crippen molar-refractivity contribution in [3.05, 3.63) is 35.2 Å². The number of hydrogen-bond acceptors (Lipinski definition) is 2. The van der Waals surface area contributed by atoms with Crippen molar-refractivity contribution in [2.75, 3.05) is 5.73 Å². The second kappa shape index (κ2) is 4.65. The molecule has 0 unspecified atom stereocenters. The van der Waals surface area contributed by atoms with E-state index >= 15 is 0 Å². The molecule has 0 saturated heterocycles. The lowest BCUT2D eigenvalue weighted by Crippen LogP contribution is -2.12. The molecule has 0 bridgehead atoms. The maximum atomic E-state index is 6.33. The largest absolute Gasteiger partial charge is 0.383 e. The molecule has 1 aliphatic heterocycles. The summed E-state index contributed by atoms with van der Waals surface area (Å²) >= 11 is 0. The number of aryl methyl sites for hydroxylation is 3. The van der Waals surface area contributed by atoms with Crippen molar-refractivity contribution in [1.82, 2.24) is 9.55 Å². The zero-order valence-electron chi connectivity index (χ0n) is 11.9. The molecule has 20 heavy (non-hydrogen) atoms. The van der Waals surface area contributed by atoms with Gasteiger partial charge < -0.3 is 10.3 Å². The van der Waals surface area contributed by atoms with Gasteiger partial charge in [0.25, 0.3) is 0 Å². The average molecular weight is 267 g/mol. The van der Waals surface area contributed by atoms with Crippen molar-refractivity contribution in [2.24, 2.45) is 0 Å². The number of nitrogens with zero attached hydrogens (tertiary/aromatic N) is 2. The third-order valence-electron chi connectivity index (χ3n) is 4.74. The van der Waals surface area contributed by atoms with E-state index in [1.54, 1.807) is 0 Å². The van der Waals surface area contributed by atoms with Crippen LogP contribution < -0.4 is 5.73 Å². The van der Waals surface area contributed by atoms with E-state index in [0.717, 1.165) is 24.5 Å². The summed E-state index contributed by atoms with van der Waals surface area (Å²) < 4.78 is 2.21.